The number of alkyl halides is 3. The second-order valence-corrected chi connectivity index (χ2v) is 6.42. The van der Waals surface area contributed by atoms with E-state index in [0.717, 1.165) is 0 Å². The first-order valence-corrected chi connectivity index (χ1v) is 7.68. The Labute approximate surface area is 117 Å². The van der Waals surface area contributed by atoms with Crippen LogP contribution in [0, 0.1) is 0 Å². The predicted octanol–water partition coefficient (Wildman–Crippen LogP) is 2.36. The smallest absolute Gasteiger partial charge is 0.364 e. The molecule has 0 aliphatic rings. The van der Waals surface area contributed by atoms with Crippen LogP contribution in [0.15, 0.2) is 21.6 Å². The zero-order valence-corrected chi connectivity index (χ0v) is 11.7. The SMILES string of the molecule is CCc1nocc1CS(=O)(=O)Cc1conc1C(F)(F)F. The van der Waals surface area contributed by atoms with Gasteiger partial charge in [0, 0.05) is 11.1 Å². The van der Waals surface area contributed by atoms with Crippen molar-refractivity contribution in [3.05, 3.63) is 35.0 Å². The lowest BCUT2D eigenvalue weighted by molar-refractivity contribution is -0.143. The van der Waals surface area contributed by atoms with Gasteiger partial charge in [-0.2, -0.15) is 13.2 Å². The van der Waals surface area contributed by atoms with Gasteiger partial charge in [-0.25, -0.2) is 8.42 Å². The van der Waals surface area contributed by atoms with Gasteiger partial charge < -0.3 is 9.05 Å². The Hall–Kier alpha value is -1.84. The number of rotatable bonds is 5. The molecule has 0 radical (unpaired) electrons. The molecule has 21 heavy (non-hydrogen) atoms. The molecular weight excluding hydrogens is 313 g/mol. The largest absolute Gasteiger partial charge is 0.437 e. The highest BCUT2D eigenvalue weighted by Crippen LogP contribution is 2.31. The van der Waals surface area contributed by atoms with Crippen molar-refractivity contribution >= 4 is 9.84 Å². The summed E-state index contributed by atoms with van der Waals surface area (Å²) in [6.07, 6.45) is -2.44. The first-order valence-electron chi connectivity index (χ1n) is 5.86. The van der Waals surface area contributed by atoms with Crippen molar-refractivity contribution in [2.24, 2.45) is 0 Å². The second-order valence-electron chi connectivity index (χ2n) is 4.36. The minimum atomic E-state index is -4.76. The molecule has 0 N–H and O–H groups in total. The van der Waals surface area contributed by atoms with Crippen molar-refractivity contribution in [3.8, 4) is 0 Å². The van der Waals surface area contributed by atoms with Crippen molar-refractivity contribution in [2.75, 3.05) is 0 Å². The standard InChI is InChI=1S/C11H11F3N2O4S/c1-2-9-7(3-19-15-9)5-21(17,18)6-8-4-20-16-10(8)11(12,13)14/h3-4H,2,5-6H2,1H3. The molecule has 0 atom stereocenters. The van der Waals surface area contributed by atoms with Gasteiger partial charge in [-0.15, -0.1) is 0 Å². The summed E-state index contributed by atoms with van der Waals surface area (Å²) in [5.41, 5.74) is -1.05. The first-order chi connectivity index (χ1) is 9.73. The van der Waals surface area contributed by atoms with Gasteiger partial charge in [0.1, 0.15) is 12.5 Å². The molecule has 2 aromatic rings. The van der Waals surface area contributed by atoms with Gasteiger partial charge >= 0.3 is 6.18 Å². The summed E-state index contributed by atoms with van der Waals surface area (Å²) in [5, 5.41) is 6.43. The summed E-state index contributed by atoms with van der Waals surface area (Å²) in [6, 6.07) is 0. The van der Waals surface area contributed by atoms with Crippen LogP contribution in [0.25, 0.3) is 0 Å². The van der Waals surface area contributed by atoms with Crippen LogP contribution in [0.3, 0.4) is 0 Å². The first kappa shape index (κ1) is 15.5. The molecule has 2 aromatic heterocycles. The molecule has 0 unspecified atom stereocenters. The minimum Gasteiger partial charge on any atom is -0.364 e. The molecule has 2 heterocycles. The van der Waals surface area contributed by atoms with E-state index >= 15 is 0 Å². The number of aromatic nitrogens is 2. The zero-order chi connectivity index (χ0) is 15.7. The fourth-order valence-electron chi connectivity index (χ4n) is 1.81. The second kappa shape index (κ2) is 5.51. The number of nitrogens with zero attached hydrogens (tertiary/aromatic N) is 2. The van der Waals surface area contributed by atoms with E-state index in [2.05, 4.69) is 19.4 Å². The fourth-order valence-corrected chi connectivity index (χ4v) is 3.30. The highest BCUT2D eigenvalue weighted by Gasteiger charge is 2.38. The van der Waals surface area contributed by atoms with Gasteiger partial charge in [-0.05, 0) is 6.42 Å². The minimum absolute atomic E-state index is 0.336. The van der Waals surface area contributed by atoms with Crippen LogP contribution in [0.1, 0.15) is 29.4 Å². The molecule has 6 nitrogen and oxygen atoms in total. The summed E-state index contributed by atoms with van der Waals surface area (Å²) < 4.78 is 70.7. The van der Waals surface area contributed by atoms with Crippen LogP contribution in [0.5, 0.6) is 0 Å². The predicted molar refractivity (Wildman–Crippen MR) is 63.7 cm³/mol. The van der Waals surface area contributed by atoms with Gasteiger partial charge in [0.15, 0.2) is 15.5 Å². The van der Waals surface area contributed by atoms with Crippen molar-refractivity contribution in [1.82, 2.24) is 10.3 Å². The summed E-state index contributed by atoms with van der Waals surface area (Å²) in [7, 11) is -3.84. The Morgan fingerprint density at radius 3 is 2.29 bits per heavy atom. The Bertz CT molecular complexity index is 718. The van der Waals surface area contributed by atoms with Gasteiger partial charge in [0.25, 0.3) is 0 Å². The van der Waals surface area contributed by atoms with Crippen molar-refractivity contribution in [2.45, 2.75) is 31.0 Å². The quantitative estimate of drug-likeness (QED) is 0.839. The fraction of sp³-hybridized carbons (Fsp3) is 0.455. The normalized spacial score (nSPS) is 12.8. The topological polar surface area (TPSA) is 86.2 Å². The third-order valence-electron chi connectivity index (χ3n) is 2.73. The molecule has 116 valence electrons. The van der Waals surface area contributed by atoms with Gasteiger partial charge in [-0.1, -0.05) is 17.2 Å². The Morgan fingerprint density at radius 1 is 1.10 bits per heavy atom. The molecule has 0 bridgehead atoms. The van der Waals surface area contributed by atoms with Crippen LogP contribution < -0.4 is 0 Å². The van der Waals surface area contributed by atoms with E-state index in [-0.39, 0.29) is 0 Å². The van der Waals surface area contributed by atoms with Gasteiger partial charge in [-0.3, -0.25) is 0 Å². The van der Waals surface area contributed by atoms with E-state index in [0.29, 0.717) is 23.9 Å². The average Bonchev–Trinajstić information content (AvgIpc) is 2.95. The average molecular weight is 324 g/mol. The van der Waals surface area contributed by atoms with E-state index < -0.39 is 38.8 Å². The van der Waals surface area contributed by atoms with E-state index in [9.17, 15) is 21.6 Å². The van der Waals surface area contributed by atoms with Crippen LogP contribution in [-0.2, 0) is 33.9 Å². The number of hydrogen-bond acceptors (Lipinski definition) is 6. The highest BCUT2D eigenvalue weighted by atomic mass is 32.2. The molecule has 2 rings (SSSR count). The molecule has 0 aromatic carbocycles. The molecule has 0 amide bonds. The van der Waals surface area contributed by atoms with Crippen LogP contribution >= 0.6 is 0 Å². The Kier molecular flexibility index (Phi) is 4.08. The third kappa shape index (κ3) is 3.63. The third-order valence-corrected chi connectivity index (χ3v) is 4.23. The maximum absolute atomic E-state index is 12.6. The maximum Gasteiger partial charge on any atom is 0.437 e. The van der Waals surface area contributed by atoms with E-state index in [1.54, 1.807) is 6.92 Å². The molecular formula is C11H11F3N2O4S. The van der Waals surface area contributed by atoms with E-state index in [4.69, 9.17) is 0 Å². The van der Waals surface area contributed by atoms with Gasteiger partial charge in [0.05, 0.1) is 17.2 Å². The molecule has 0 saturated carbocycles. The molecule has 0 saturated heterocycles. The van der Waals surface area contributed by atoms with Gasteiger partial charge in [0.2, 0.25) is 0 Å². The van der Waals surface area contributed by atoms with E-state index in [1.165, 1.54) is 6.26 Å². The lowest BCUT2D eigenvalue weighted by Gasteiger charge is -2.06. The lowest BCUT2D eigenvalue weighted by atomic mass is 10.2. The zero-order valence-electron chi connectivity index (χ0n) is 10.8. The highest BCUT2D eigenvalue weighted by molar-refractivity contribution is 7.89. The monoisotopic (exact) mass is 324 g/mol. The molecule has 0 aliphatic carbocycles. The summed E-state index contributed by atoms with van der Waals surface area (Å²) in [4.78, 5) is 0. The maximum atomic E-state index is 12.6. The molecule has 0 aliphatic heterocycles. The Balaban J connectivity index is 2.21. The Morgan fingerprint density at radius 2 is 1.67 bits per heavy atom. The summed E-state index contributed by atoms with van der Waals surface area (Å²) >= 11 is 0. The van der Waals surface area contributed by atoms with Crippen LogP contribution in [0.4, 0.5) is 13.2 Å². The van der Waals surface area contributed by atoms with Crippen molar-refractivity contribution in [1.29, 1.82) is 0 Å². The number of aryl methyl sites for hydroxylation is 1. The van der Waals surface area contributed by atoms with Crippen LogP contribution in [-0.4, -0.2) is 18.7 Å². The van der Waals surface area contributed by atoms with Crippen LogP contribution in [0.2, 0.25) is 0 Å². The lowest BCUT2D eigenvalue weighted by Crippen LogP contribution is -2.13. The number of sulfone groups is 1. The molecule has 0 fully saturated rings. The van der Waals surface area contributed by atoms with Crippen molar-refractivity contribution < 1.29 is 30.6 Å². The number of hydrogen-bond donors (Lipinski definition) is 0. The number of halogens is 3. The van der Waals surface area contributed by atoms with E-state index in [1.807, 2.05) is 0 Å². The summed E-state index contributed by atoms with van der Waals surface area (Å²) in [6.45, 7) is 1.76. The molecule has 0 spiro atoms. The molecule has 10 heteroatoms. The van der Waals surface area contributed by atoms with Crippen molar-refractivity contribution in [3.63, 3.8) is 0 Å². The summed E-state index contributed by atoms with van der Waals surface area (Å²) in [5.74, 6) is -1.28.